The Bertz CT molecular complexity index is 190. The normalized spacial score (nSPS) is 26.4. The Morgan fingerprint density at radius 3 is 2.75 bits per heavy atom. The summed E-state index contributed by atoms with van der Waals surface area (Å²) in [6, 6.07) is 0. The maximum atomic E-state index is 5.77. The first-order valence-corrected chi connectivity index (χ1v) is 6.19. The standard InChI is InChI=1S/C12H26N2O2/c1-12(10-13)4-5-14(11-12)6-9-16-8-3-7-15-2/h3-11,13H2,1-2H3. The zero-order valence-corrected chi connectivity index (χ0v) is 10.7. The summed E-state index contributed by atoms with van der Waals surface area (Å²) in [6.45, 7) is 8.78. The van der Waals surface area contributed by atoms with E-state index in [4.69, 9.17) is 15.2 Å². The number of likely N-dealkylation sites (tertiary alicyclic amines) is 1. The van der Waals surface area contributed by atoms with Gasteiger partial charge in [0.25, 0.3) is 0 Å². The SMILES string of the molecule is COCCCOCCN1CCC(C)(CN)C1. The first-order chi connectivity index (χ1) is 7.70. The van der Waals surface area contributed by atoms with Crippen LogP contribution in [-0.4, -0.2) is 58.0 Å². The molecule has 1 unspecified atom stereocenters. The van der Waals surface area contributed by atoms with Crippen molar-refractivity contribution in [2.75, 3.05) is 53.1 Å². The fourth-order valence-corrected chi connectivity index (χ4v) is 2.08. The predicted molar refractivity (Wildman–Crippen MR) is 65.5 cm³/mol. The Morgan fingerprint density at radius 1 is 1.31 bits per heavy atom. The molecular formula is C12H26N2O2. The molecule has 1 aliphatic rings. The van der Waals surface area contributed by atoms with E-state index >= 15 is 0 Å². The summed E-state index contributed by atoms with van der Waals surface area (Å²) in [5, 5.41) is 0. The quantitative estimate of drug-likeness (QED) is 0.624. The van der Waals surface area contributed by atoms with Crippen molar-refractivity contribution in [3.8, 4) is 0 Å². The molecule has 0 aromatic heterocycles. The van der Waals surface area contributed by atoms with Gasteiger partial charge in [0.15, 0.2) is 0 Å². The molecule has 0 amide bonds. The maximum Gasteiger partial charge on any atom is 0.0593 e. The van der Waals surface area contributed by atoms with Gasteiger partial charge in [-0.15, -0.1) is 0 Å². The molecule has 0 aromatic carbocycles. The molecule has 1 heterocycles. The van der Waals surface area contributed by atoms with Crippen LogP contribution in [0.25, 0.3) is 0 Å². The fourth-order valence-electron chi connectivity index (χ4n) is 2.08. The molecule has 0 bridgehead atoms. The van der Waals surface area contributed by atoms with Crippen LogP contribution >= 0.6 is 0 Å². The van der Waals surface area contributed by atoms with Crippen LogP contribution in [-0.2, 0) is 9.47 Å². The minimum atomic E-state index is 0.329. The smallest absolute Gasteiger partial charge is 0.0593 e. The Morgan fingerprint density at radius 2 is 2.12 bits per heavy atom. The molecule has 0 aliphatic carbocycles. The molecule has 1 fully saturated rings. The summed E-state index contributed by atoms with van der Waals surface area (Å²) in [6.07, 6.45) is 2.20. The van der Waals surface area contributed by atoms with Crippen molar-refractivity contribution in [3.05, 3.63) is 0 Å². The van der Waals surface area contributed by atoms with Crippen molar-refractivity contribution >= 4 is 0 Å². The second-order valence-electron chi connectivity index (χ2n) is 5.00. The minimum Gasteiger partial charge on any atom is -0.385 e. The number of nitrogens with two attached hydrogens (primary N) is 1. The van der Waals surface area contributed by atoms with Gasteiger partial charge in [-0.2, -0.15) is 0 Å². The zero-order valence-electron chi connectivity index (χ0n) is 10.7. The third-order valence-electron chi connectivity index (χ3n) is 3.32. The molecular weight excluding hydrogens is 204 g/mol. The lowest BCUT2D eigenvalue weighted by Gasteiger charge is -2.22. The van der Waals surface area contributed by atoms with Gasteiger partial charge in [0.2, 0.25) is 0 Å². The van der Waals surface area contributed by atoms with Crippen molar-refractivity contribution in [3.63, 3.8) is 0 Å². The lowest BCUT2D eigenvalue weighted by Crippen LogP contribution is -2.32. The Labute approximate surface area is 99.1 Å². The Hall–Kier alpha value is -0.160. The molecule has 4 heteroatoms. The molecule has 16 heavy (non-hydrogen) atoms. The van der Waals surface area contributed by atoms with E-state index in [9.17, 15) is 0 Å². The van der Waals surface area contributed by atoms with Crippen LogP contribution in [0.3, 0.4) is 0 Å². The second kappa shape index (κ2) is 7.22. The van der Waals surface area contributed by atoms with E-state index in [1.54, 1.807) is 7.11 Å². The van der Waals surface area contributed by atoms with Crippen LogP contribution in [0.2, 0.25) is 0 Å². The molecule has 0 radical (unpaired) electrons. The highest BCUT2D eigenvalue weighted by Gasteiger charge is 2.31. The third kappa shape index (κ3) is 4.78. The average Bonchev–Trinajstić information content (AvgIpc) is 2.66. The van der Waals surface area contributed by atoms with Gasteiger partial charge in [-0.25, -0.2) is 0 Å². The lowest BCUT2D eigenvalue weighted by molar-refractivity contribution is 0.0865. The van der Waals surface area contributed by atoms with E-state index in [0.29, 0.717) is 5.41 Å². The Kier molecular flexibility index (Phi) is 6.28. The molecule has 2 N–H and O–H groups in total. The van der Waals surface area contributed by atoms with Gasteiger partial charge in [-0.1, -0.05) is 6.92 Å². The van der Waals surface area contributed by atoms with Gasteiger partial charge in [0.05, 0.1) is 6.61 Å². The summed E-state index contributed by atoms with van der Waals surface area (Å²) < 4.78 is 10.5. The van der Waals surface area contributed by atoms with Crippen LogP contribution in [0, 0.1) is 5.41 Å². The molecule has 0 saturated carbocycles. The first kappa shape index (κ1) is 13.9. The lowest BCUT2D eigenvalue weighted by atomic mass is 9.90. The zero-order chi connectivity index (χ0) is 11.9. The molecule has 1 atom stereocenters. The van der Waals surface area contributed by atoms with Gasteiger partial charge < -0.3 is 20.1 Å². The number of hydrogen-bond donors (Lipinski definition) is 1. The first-order valence-electron chi connectivity index (χ1n) is 6.19. The van der Waals surface area contributed by atoms with Crippen LogP contribution in [0.4, 0.5) is 0 Å². The largest absolute Gasteiger partial charge is 0.385 e. The number of hydrogen-bond acceptors (Lipinski definition) is 4. The van der Waals surface area contributed by atoms with Crippen molar-refractivity contribution in [2.45, 2.75) is 19.8 Å². The monoisotopic (exact) mass is 230 g/mol. The van der Waals surface area contributed by atoms with Gasteiger partial charge in [-0.05, 0) is 31.3 Å². The van der Waals surface area contributed by atoms with Crippen molar-refractivity contribution in [2.24, 2.45) is 11.1 Å². The topological polar surface area (TPSA) is 47.7 Å². The molecule has 96 valence electrons. The third-order valence-corrected chi connectivity index (χ3v) is 3.32. The number of methoxy groups -OCH3 is 1. The molecule has 0 spiro atoms. The van der Waals surface area contributed by atoms with E-state index in [2.05, 4.69) is 11.8 Å². The summed E-state index contributed by atoms with van der Waals surface area (Å²) in [5.74, 6) is 0. The van der Waals surface area contributed by atoms with Crippen LogP contribution in [0.15, 0.2) is 0 Å². The molecule has 4 nitrogen and oxygen atoms in total. The van der Waals surface area contributed by atoms with E-state index < -0.39 is 0 Å². The van der Waals surface area contributed by atoms with E-state index in [1.165, 1.54) is 6.42 Å². The summed E-state index contributed by atoms with van der Waals surface area (Å²) in [4.78, 5) is 2.45. The summed E-state index contributed by atoms with van der Waals surface area (Å²) >= 11 is 0. The Balaban J connectivity index is 1.98. The summed E-state index contributed by atoms with van der Waals surface area (Å²) in [5.41, 5.74) is 6.10. The van der Waals surface area contributed by atoms with Crippen molar-refractivity contribution in [1.29, 1.82) is 0 Å². The fraction of sp³-hybridized carbons (Fsp3) is 1.00. The predicted octanol–water partition coefficient (Wildman–Crippen LogP) is 0.710. The molecule has 1 rings (SSSR count). The molecule has 0 aromatic rings. The second-order valence-corrected chi connectivity index (χ2v) is 5.00. The number of nitrogens with zero attached hydrogens (tertiary/aromatic N) is 1. The maximum absolute atomic E-state index is 5.77. The van der Waals surface area contributed by atoms with Crippen molar-refractivity contribution in [1.82, 2.24) is 4.90 Å². The number of rotatable bonds is 8. The van der Waals surface area contributed by atoms with E-state index in [1.807, 2.05) is 0 Å². The highest BCUT2D eigenvalue weighted by atomic mass is 16.5. The van der Waals surface area contributed by atoms with E-state index in [-0.39, 0.29) is 0 Å². The van der Waals surface area contributed by atoms with E-state index in [0.717, 1.165) is 52.4 Å². The van der Waals surface area contributed by atoms with Gasteiger partial charge in [0.1, 0.15) is 0 Å². The molecule has 1 saturated heterocycles. The minimum absolute atomic E-state index is 0.329. The highest BCUT2D eigenvalue weighted by molar-refractivity contribution is 4.86. The average molecular weight is 230 g/mol. The van der Waals surface area contributed by atoms with Gasteiger partial charge in [-0.3, -0.25) is 0 Å². The van der Waals surface area contributed by atoms with Crippen LogP contribution in [0.1, 0.15) is 19.8 Å². The van der Waals surface area contributed by atoms with Gasteiger partial charge >= 0.3 is 0 Å². The van der Waals surface area contributed by atoms with Crippen molar-refractivity contribution < 1.29 is 9.47 Å². The van der Waals surface area contributed by atoms with Crippen LogP contribution in [0.5, 0.6) is 0 Å². The van der Waals surface area contributed by atoms with Gasteiger partial charge in [0, 0.05) is 33.4 Å². The summed E-state index contributed by atoms with van der Waals surface area (Å²) in [7, 11) is 1.72. The number of ether oxygens (including phenoxy) is 2. The van der Waals surface area contributed by atoms with Crippen LogP contribution < -0.4 is 5.73 Å². The molecule has 1 aliphatic heterocycles. The highest BCUT2D eigenvalue weighted by Crippen LogP contribution is 2.27.